The zero-order valence-corrected chi connectivity index (χ0v) is 9.86. The Balaban J connectivity index is 2.11. The second kappa shape index (κ2) is 5.44. The highest BCUT2D eigenvalue weighted by molar-refractivity contribution is 7.09. The van der Waals surface area contributed by atoms with Crippen molar-refractivity contribution in [2.45, 2.75) is 32.4 Å². The van der Waals surface area contributed by atoms with E-state index in [2.05, 4.69) is 24.1 Å². The smallest absolute Gasteiger partial charge is 0.0794 e. The normalized spacial score (nSPS) is 11.9. The molecule has 0 aliphatic heterocycles. The zero-order chi connectivity index (χ0) is 10.4. The zero-order valence-electron chi connectivity index (χ0n) is 9.04. The molecule has 1 aromatic heterocycles. The Morgan fingerprint density at radius 1 is 1.57 bits per heavy atom. The Kier molecular flexibility index (Phi) is 4.51. The van der Waals surface area contributed by atoms with Crippen molar-refractivity contribution in [1.82, 2.24) is 10.3 Å². The third kappa shape index (κ3) is 4.17. The lowest BCUT2D eigenvalue weighted by Crippen LogP contribution is -2.28. The topological polar surface area (TPSA) is 34.1 Å². The lowest BCUT2D eigenvalue weighted by Gasteiger charge is -2.22. The molecule has 1 N–H and O–H groups in total. The highest BCUT2D eigenvalue weighted by Crippen LogP contribution is 2.11. The number of nitrogens with zero attached hydrogens (tertiary/aromatic N) is 1. The number of ether oxygens (including phenoxy) is 1. The maximum absolute atomic E-state index is 5.33. The van der Waals surface area contributed by atoms with Crippen LogP contribution in [-0.2, 0) is 11.3 Å². The van der Waals surface area contributed by atoms with Gasteiger partial charge in [0.15, 0.2) is 0 Å². The summed E-state index contributed by atoms with van der Waals surface area (Å²) in [5.41, 5.74) is 1.83. The summed E-state index contributed by atoms with van der Waals surface area (Å²) in [4.78, 5) is 5.30. The molecule has 80 valence electrons. The van der Waals surface area contributed by atoms with E-state index >= 15 is 0 Å². The monoisotopic (exact) mass is 214 g/mol. The predicted octanol–water partition coefficient (Wildman–Crippen LogP) is 2.05. The van der Waals surface area contributed by atoms with E-state index in [0.717, 1.165) is 19.5 Å². The fraction of sp³-hybridized carbons (Fsp3) is 0.700. The summed E-state index contributed by atoms with van der Waals surface area (Å²) in [5, 5.41) is 3.37. The van der Waals surface area contributed by atoms with Crippen LogP contribution in [0, 0.1) is 0 Å². The number of rotatable bonds is 6. The molecule has 0 saturated heterocycles. The van der Waals surface area contributed by atoms with Gasteiger partial charge in [-0.15, -0.1) is 11.3 Å². The van der Waals surface area contributed by atoms with E-state index in [1.165, 1.54) is 4.88 Å². The average Bonchev–Trinajstić information content (AvgIpc) is 2.65. The van der Waals surface area contributed by atoms with Gasteiger partial charge in [0.1, 0.15) is 0 Å². The largest absolute Gasteiger partial charge is 0.379 e. The molecule has 0 bridgehead atoms. The molecular formula is C10H18N2OS. The first kappa shape index (κ1) is 11.6. The van der Waals surface area contributed by atoms with Crippen LogP contribution in [0.2, 0.25) is 0 Å². The summed E-state index contributed by atoms with van der Waals surface area (Å²) < 4.78 is 5.33. The summed E-state index contributed by atoms with van der Waals surface area (Å²) in [6.07, 6.45) is 2.92. The van der Waals surface area contributed by atoms with E-state index < -0.39 is 0 Å². The van der Waals surface area contributed by atoms with Gasteiger partial charge in [0.2, 0.25) is 0 Å². The molecule has 3 nitrogen and oxygen atoms in total. The van der Waals surface area contributed by atoms with E-state index in [4.69, 9.17) is 4.74 Å². The molecule has 1 heterocycles. The predicted molar refractivity (Wildman–Crippen MR) is 59.5 cm³/mol. The highest BCUT2D eigenvalue weighted by Gasteiger charge is 2.14. The molecule has 1 aromatic rings. The third-order valence-corrected chi connectivity index (χ3v) is 3.02. The maximum atomic E-state index is 5.33. The second-order valence-corrected chi connectivity index (χ2v) is 4.83. The van der Waals surface area contributed by atoms with E-state index in [-0.39, 0.29) is 5.60 Å². The molecule has 0 unspecified atom stereocenters. The molecule has 0 aliphatic rings. The van der Waals surface area contributed by atoms with Crippen molar-refractivity contribution < 1.29 is 4.74 Å². The van der Waals surface area contributed by atoms with Gasteiger partial charge in [-0.25, -0.2) is 0 Å². The van der Waals surface area contributed by atoms with Crippen LogP contribution in [0.1, 0.15) is 25.1 Å². The first-order valence-electron chi connectivity index (χ1n) is 4.77. The third-order valence-electron chi connectivity index (χ3n) is 2.24. The quantitative estimate of drug-likeness (QED) is 0.736. The van der Waals surface area contributed by atoms with Crippen LogP contribution in [-0.4, -0.2) is 24.2 Å². The van der Waals surface area contributed by atoms with Gasteiger partial charge < -0.3 is 10.1 Å². The number of aromatic nitrogens is 1. The molecule has 0 aromatic carbocycles. The molecule has 0 fully saturated rings. The first-order valence-corrected chi connectivity index (χ1v) is 5.65. The van der Waals surface area contributed by atoms with Gasteiger partial charge in [0, 0.05) is 24.7 Å². The van der Waals surface area contributed by atoms with Gasteiger partial charge >= 0.3 is 0 Å². The number of methoxy groups -OCH3 is 1. The molecule has 0 radical (unpaired) electrons. The number of nitrogens with one attached hydrogen (secondary N) is 1. The van der Waals surface area contributed by atoms with Crippen LogP contribution in [0.15, 0.2) is 11.7 Å². The Hall–Kier alpha value is -0.450. The standard InChI is InChI=1S/C10H18N2OS/c1-10(2,13-3)4-5-11-6-9-7-12-8-14-9/h7-8,11H,4-6H2,1-3H3. The van der Waals surface area contributed by atoms with Crippen LogP contribution in [0.4, 0.5) is 0 Å². The Labute approximate surface area is 89.5 Å². The summed E-state index contributed by atoms with van der Waals surface area (Å²) in [7, 11) is 1.75. The molecule has 0 spiro atoms. The number of hydrogen-bond donors (Lipinski definition) is 1. The fourth-order valence-corrected chi connectivity index (χ4v) is 1.60. The minimum Gasteiger partial charge on any atom is -0.379 e. The van der Waals surface area contributed by atoms with Crippen molar-refractivity contribution in [2.75, 3.05) is 13.7 Å². The van der Waals surface area contributed by atoms with Gasteiger partial charge in [0.05, 0.1) is 11.1 Å². The SMILES string of the molecule is COC(C)(C)CCNCc1cncs1. The molecule has 0 saturated carbocycles. The summed E-state index contributed by atoms with van der Waals surface area (Å²) in [6.45, 7) is 6.08. The van der Waals surface area contributed by atoms with E-state index in [9.17, 15) is 0 Å². The maximum Gasteiger partial charge on any atom is 0.0794 e. The van der Waals surface area contributed by atoms with Crippen molar-refractivity contribution in [3.63, 3.8) is 0 Å². The minimum atomic E-state index is -0.0271. The van der Waals surface area contributed by atoms with Crippen molar-refractivity contribution in [3.8, 4) is 0 Å². The molecular weight excluding hydrogens is 196 g/mol. The van der Waals surface area contributed by atoms with Crippen LogP contribution in [0.25, 0.3) is 0 Å². The second-order valence-electron chi connectivity index (χ2n) is 3.86. The molecule has 0 aliphatic carbocycles. The first-order chi connectivity index (χ1) is 6.64. The van der Waals surface area contributed by atoms with E-state index in [0.29, 0.717) is 0 Å². The summed E-state index contributed by atoms with van der Waals surface area (Å²) in [5.74, 6) is 0. The minimum absolute atomic E-state index is 0.0271. The van der Waals surface area contributed by atoms with Crippen LogP contribution in [0.3, 0.4) is 0 Å². The van der Waals surface area contributed by atoms with Crippen LogP contribution >= 0.6 is 11.3 Å². The molecule has 4 heteroatoms. The molecule has 0 amide bonds. The van der Waals surface area contributed by atoms with Crippen molar-refractivity contribution in [2.24, 2.45) is 0 Å². The van der Waals surface area contributed by atoms with Crippen molar-refractivity contribution >= 4 is 11.3 Å². The summed E-state index contributed by atoms with van der Waals surface area (Å²) in [6, 6.07) is 0. The van der Waals surface area contributed by atoms with Gasteiger partial charge in [-0.1, -0.05) is 0 Å². The lowest BCUT2D eigenvalue weighted by atomic mass is 10.1. The lowest BCUT2D eigenvalue weighted by molar-refractivity contribution is 0.0158. The Bertz CT molecular complexity index is 247. The Morgan fingerprint density at radius 3 is 2.93 bits per heavy atom. The highest BCUT2D eigenvalue weighted by atomic mass is 32.1. The fourth-order valence-electron chi connectivity index (χ4n) is 1.03. The Morgan fingerprint density at radius 2 is 2.36 bits per heavy atom. The van der Waals surface area contributed by atoms with E-state index in [1.54, 1.807) is 18.4 Å². The molecule has 1 rings (SSSR count). The van der Waals surface area contributed by atoms with Crippen molar-refractivity contribution in [1.29, 1.82) is 0 Å². The van der Waals surface area contributed by atoms with Crippen molar-refractivity contribution in [3.05, 3.63) is 16.6 Å². The van der Waals surface area contributed by atoms with Gasteiger partial charge in [-0.05, 0) is 26.8 Å². The molecule has 14 heavy (non-hydrogen) atoms. The van der Waals surface area contributed by atoms with Crippen LogP contribution in [0.5, 0.6) is 0 Å². The average molecular weight is 214 g/mol. The number of thiazole rings is 1. The van der Waals surface area contributed by atoms with Gasteiger partial charge in [-0.3, -0.25) is 4.98 Å². The number of hydrogen-bond acceptors (Lipinski definition) is 4. The van der Waals surface area contributed by atoms with Crippen LogP contribution < -0.4 is 5.32 Å². The van der Waals surface area contributed by atoms with Gasteiger partial charge in [-0.2, -0.15) is 0 Å². The van der Waals surface area contributed by atoms with Gasteiger partial charge in [0.25, 0.3) is 0 Å². The summed E-state index contributed by atoms with van der Waals surface area (Å²) >= 11 is 1.68. The molecule has 0 atom stereocenters. The van der Waals surface area contributed by atoms with E-state index in [1.807, 2.05) is 11.7 Å².